The number of rotatable bonds is 3. The van der Waals surface area contributed by atoms with Crippen molar-refractivity contribution >= 4 is 17.7 Å². The molecule has 0 spiro atoms. The van der Waals surface area contributed by atoms with Crippen LogP contribution in [0.3, 0.4) is 0 Å². The van der Waals surface area contributed by atoms with Crippen molar-refractivity contribution in [3.05, 3.63) is 41.7 Å². The average Bonchev–Trinajstić information content (AvgIpc) is 2.39. The Morgan fingerprint density at radius 3 is 2.95 bits per heavy atom. The van der Waals surface area contributed by atoms with Gasteiger partial charge in [-0.15, -0.1) is 0 Å². The first-order valence-corrected chi connectivity index (χ1v) is 6.10. The van der Waals surface area contributed by atoms with E-state index in [1.807, 2.05) is 12.1 Å². The Bertz CT molecular complexity index is 590. The van der Waals surface area contributed by atoms with Crippen LogP contribution in [0.15, 0.2) is 36.7 Å². The fourth-order valence-corrected chi connectivity index (χ4v) is 1.67. The molecule has 2 rings (SSSR count). The Kier molecular flexibility index (Phi) is 4.30. The zero-order valence-corrected chi connectivity index (χ0v) is 11.0. The maximum Gasteiger partial charge on any atom is 0.413 e. The average molecular weight is 278 g/mol. The Morgan fingerprint density at radius 2 is 2.21 bits per heavy atom. The molecule has 6 heteroatoms. The molecule has 0 unspecified atom stereocenters. The van der Waals surface area contributed by atoms with Crippen molar-refractivity contribution in [1.82, 2.24) is 15.3 Å². The summed E-state index contributed by atoms with van der Waals surface area (Å²) >= 11 is 5.92. The smallest absolute Gasteiger partial charge is 0.391 e. The molecule has 0 fully saturated rings. The zero-order chi connectivity index (χ0) is 13.7. The van der Waals surface area contributed by atoms with Crippen LogP contribution in [0.1, 0.15) is 6.92 Å². The maximum atomic E-state index is 11.3. The molecule has 1 aromatic heterocycles. The van der Waals surface area contributed by atoms with Crippen molar-refractivity contribution < 1.29 is 9.53 Å². The van der Waals surface area contributed by atoms with Crippen molar-refractivity contribution in [1.29, 1.82) is 0 Å². The van der Waals surface area contributed by atoms with E-state index in [1.54, 1.807) is 25.1 Å². The standard InChI is InChI=1S/C13H12ClN3O2/c1-2-15-13(18)19-12-7-11(16-8-17-12)9-4-3-5-10(14)6-9/h3-8H,2H2,1H3,(H,15,18). The summed E-state index contributed by atoms with van der Waals surface area (Å²) in [7, 11) is 0. The van der Waals surface area contributed by atoms with Gasteiger partial charge in [-0.1, -0.05) is 23.7 Å². The molecule has 0 saturated heterocycles. The van der Waals surface area contributed by atoms with Gasteiger partial charge in [-0.05, 0) is 19.1 Å². The minimum atomic E-state index is -0.543. The van der Waals surface area contributed by atoms with Crippen LogP contribution in [0.2, 0.25) is 5.02 Å². The lowest BCUT2D eigenvalue weighted by molar-refractivity contribution is 0.199. The summed E-state index contributed by atoms with van der Waals surface area (Å²) in [6, 6.07) is 8.83. The first-order chi connectivity index (χ1) is 9.19. The lowest BCUT2D eigenvalue weighted by atomic mass is 10.1. The van der Waals surface area contributed by atoms with E-state index in [4.69, 9.17) is 16.3 Å². The second-order valence-electron chi connectivity index (χ2n) is 3.67. The van der Waals surface area contributed by atoms with E-state index in [2.05, 4.69) is 15.3 Å². The fraction of sp³-hybridized carbons (Fsp3) is 0.154. The molecular weight excluding hydrogens is 266 g/mol. The van der Waals surface area contributed by atoms with Crippen LogP contribution >= 0.6 is 11.6 Å². The molecule has 0 aliphatic heterocycles. The Labute approximate surface area is 115 Å². The highest BCUT2D eigenvalue weighted by Crippen LogP contribution is 2.22. The molecule has 0 aliphatic rings. The first-order valence-electron chi connectivity index (χ1n) is 5.72. The SMILES string of the molecule is CCNC(=O)Oc1cc(-c2cccc(Cl)c2)ncn1. The summed E-state index contributed by atoms with van der Waals surface area (Å²) in [5.74, 6) is 0.191. The highest BCUT2D eigenvalue weighted by molar-refractivity contribution is 6.30. The molecule has 98 valence electrons. The summed E-state index contributed by atoms with van der Waals surface area (Å²) < 4.78 is 5.01. The van der Waals surface area contributed by atoms with E-state index < -0.39 is 6.09 Å². The number of nitrogens with zero attached hydrogens (tertiary/aromatic N) is 2. The van der Waals surface area contributed by atoms with Gasteiger partial charge in [-0.2, -0.15) is 0 Å². The van der Waals surface area contributed by atoms with Crippen molar-refractivity contribution in [3.8, 4) is 17.1 Å². The van der Waals surface area contributed by atoms with E-state index in [-0.39, 0.29) is 5.88 Å². The third-order valence-corrected chi connectivity index (χ3v) is 2.52. The van der Waals surface area contributed by atoms with Gasteiger partial charge in [0, 0.05) is 23.2 Å². The number of hydrogen-bond acceptors (Lipinski definition) is 4. The monoisotopic (exact) mass is 277 g/mol. The summed E-state index contributed by atoms with van der Waals surface area (Å²) in [5.41, 5.74) is 1.47. The Hall–Kier alpha value is -2.14. The molecule has 0 bridgehead atoms. The highest BCUT2D eigenvalue weighted by atomic mass is 35.5. The summed E-state index contributed by atoms with van der Waals surface area (Å²) in [6.07, 6.45) is 0.795. The lowest BCUT2D eigenvalue weighted by Crippen LogP contribution is -2.26. The maximum absolute atomic E-state index is 11.3. The molecule has 1 N–H and O–H groups in total. The number of ether oxygens (including phenoxy) is 1. The van der Waals surface area contributed by atoms with Gasteiger partial charge in [-0.25, -0.2) is 14.8 Å². The van der Waals surface area contributed by atoms with Gasteiger partial charge in [0.1, 0.15) is 6.33 Å². The van der Waals surface area contributed by atoms with Crippen LogP contribution in [0.5, 0.6) is 5.88 Å². The van der Waals surface area contributed by atoms with Crippen LogP contribution in [0.25, 0.3) is 11.3 Å². The predicted molar refractivity (Wildman–Crippen MR) is 72.2 cm³/mol. The minimum Gasteiger partial charge on any atom is -0.391 e. The molecule has 0 radical (unpaired) electrons. The number of aromatic nitrogens is 2. The van der Waals surface area contributed by atoms with E-state index in [0.717, 1.165) is 5.56 Å². The van der Waals surface area contributed by atoms with Gasteiger partial charge in [0.2, 0.25) is 5.88 Å². The van der Waals surface area contributed by atoms with Gasteiger partial charge in [0.05, 0.1) is 5.69 Å². The van der Waals surface area contributed by atoms with E-state index in [9.17, 15) is 4.79 Å². The van der Waals surface area contributed by atoms with E-state index in [0.29, 0.717) is 17.3 Å². The summed E-state index contributed by atoms with van der Waals surface area (Å²) in [6.45, 7) is 2.30. The molecule has 0 aliphatic carbocycles. The second kappa shape index (κ2) is 6.15. The third-order valence-electron chi connectivity index (χ3n) is 2.28. The molecule has 19 heavy (non-hydrogen) atoms. The zero-order valence-electron chi connectivity index (χ0n) is 10.3. The van der Waals surface area contributed by atoms with Gasteiger partial charge in [0.25, 0.3) is 0 Å². The van der Waals surface area contributed by atoms with Crippen LogP contribution in [-0.2, 0) is 0 Å². The number of amides is 1. The molecule has 1 aromatic carbocycles. The van der Waals surface area contributed by atoms with Crippen molar-refractivity contribution in [2.75, 3.05) is 6.54 Å². The predicted octanol–water partition coefficient (Wildman–Crippen LogP) is 2.91. The van der Waals surface area contributed by atoms with E-state index in [1.165, 1.54) is 6.33 Å². The normalized spacial score (nSPS) is 10.0. The van der Waals surface area contributed by atoms with Crippen LogP contribution in [-0.4, -0.2) is 22.6 Å². The molecule has 1 heterocycles. The molecule has 0 atom stereocenters. The summed E-state index contributed by atoms with van der Waals surface area (Å²) in [4.78, 5) is 19.3. The number of nitrogens with one attached hydrogen (secondary N) is 1. The van der Waals surface area contributed by atoms with Gasteiger partial charge in [-0.3, -0.25) is 0 Å². The second-order valence-corrected chi connectivity index (χ2v) is 4.11. The van der Waals surface area contributed by atoms with E-state index >= 15 is 0 Å². The number of benzene rings is 1. The third kappa shape index (κ3) is 3.66. The van der Waals surface area contributed by atoms with Gasteiger partial charge >= 0.3 is 6.09 Å². The molecule has 1 amide bonds. The van der Waals surface area contributed by atoms with Crippen LogP contribution in [0, 0.1) is 0 Å². The molecule has 5 nitrogen and oxygen atoms in total. The first kappa shape index (κ1) is 13.3. The molecular formula is C13H12ClN3O2. The minimum absolute atomic E-state index is 0.191. The molecule has 2 aromatic rings. The fourth-order valence-electron chi connectivity index (χ4n) is 1.48. The van der Waals surface area contributed by atoms with Gasteiger partial charge < -0.3 is 10.1 Å². The number of carbonyl (C=O) groups excluding carboxylic acids is 1. The number of hydrogen-bond donors (Lipinski definition) is 1. The summed E-state index contributed by atoms with van der Waals surface area (Å²) in [5, 5.41) is 3.13. The van der Waals surface area contributed by atoms with Gasteiger partial charge in [0.15, 0.2) is 0 Å². The highest BCUT2D eigenvalue weighted by Gasteiger charge is 2.07. The van der Waals surface area contributed by atoms with Crippen molar-refractivity contribution in [3.63, 3.8) is 0 Å². The largest absolute Gasteiger partial charge is 0.413 e. The van der Waals surface area contributed by atoms with Crippen molar-refractivity contribution in [2.45, 2.75) is 6.92 Å². The molecule has 0 saturated carbocycles. The Morgan fingerprint density at radius 1 is 1.37 bits per heavy atom. The van der Waals surface area contributed by atoms with Crippen LogP contribution < -0.4 is 10.1 Å². The van der Waals surface area contributed by atoms with Crippen LogP contribution in [0.4, 0.5) is 4.79 Å². The number of carbonyl (C=O) groups is 1. The van der Waals surface area contributed by atoms with Crippen molar-refractivity contribution in [2.24, 2.45) is 0 Å². The Balaban J connectivity index is 2.22. The quantitative estimate of drug-likeness (QED) is 0.937. The lowest BCUT2D eigenvalue weighted by Gasteiger charge is -2.05. The number of halogens is 1. The topological polar surface area (TPSA) is 64.1 Å².